The Morgan fingerprint density at radius 1 is 0.704 bits per heavy atom. The zero-order valence-electron chi connectivity index (χ0n) is 19.1. The van der Waals surface area contributed by atoms with E-state index < -0.39 is 0 Å². The zero-order chi connectivity index (χ0) is 19.7. The molecule has 0 aromatic carbocycles. The first-order valence-corrected chi connectivity index (χ1v) is 12.3. The number of nitrogens with zero attached hydrogens (tertiary/aromatic N) is 2. The normalized spacial score (nSPS) is 11.6. The van der Waals surface area contributed by atoms with Crippen LogP contribution in [0.3, 0.4) is 0 Å². The Labute approximate surface area is 170 Å². The summed E-state index contributed by atoms with van der Waals surface area (Å²) in [5.41, 5.74) is 0. The zero-order valence-corrected chi connectivity index (χ0v) is 19.1. The highest BCUT2D eigenvalue weighted by Crippen LogP contribution is 2.15. The molecular formula is C25H49N2+. The minimum atomic E-state index is 0.573. The predicted octanol–water partition coefficient (Wildman–Crippen LogP) is 7.79. The molecule has 0 aliphatic rings. The summed E-state index contributed by atoms with van der Waals surface area (Å²) in [5.74, 6) is 1.52. The summed E-state index contributed by atoms with van der Waals surface area (Å²) >= 11 is 0. The van der Waals surface area contributed by atoms with Gasteiger partial charge < -0.3 is 0 Å². The molecule has 0 unspecified atom stereocenters. The molecule has 0 aliphatic carbocycles. The van der Waals surface area contributed by atoms with Crippen molar-refractivity contribution in [3.8, 4) is 0 Å². The highest BCUT2D eigenvalue weighted by molar-refractivity contribution is 4.86. The van der Waals surface area contributed by atoms with E-state index in [1.807, 2.05) is 0 Å². The van der Waals surface area contributed by atoms with Crippen LogP contribution in [0.15, 0.2) is 12.4 Å². The van der Waals surface area contributed by atoms with Crippen molar-refractivity contribution in [2.24, 2.45) is 0 Å². The van der Waals surface area contributed by atoms with Gasteiger partial charge in [-0.15, -0.1) is 0 Å². The third-order valence-corrected chi connectivity index (χ3v) is 5.94. The van der Waals surface area contributed by atoms with Gasteiger partial charge in [-0.1, -0.05) is 96.8 Å². The molecule has 1 aromatic rings. The summed E-state index contributed by atoms with van der Waals surface area (Å²) in [5, 5.41) is 0. The standard InChI is InChI=1S/C25H49N2/c1-5-7-8-9-10-11-12-13-14-15-16-17-18-19-20-21-25-26(6-2)22-23-27(25)24(3)4/h22-24H,5-21H2,1-4H3/q+1. The fourth-order valence-electron chi connectivity index (χ4n) is 4.16. The number of hydrogen-bond acceptors (Lipinski definition) is 0. The van der Waals surface area contributed by atoms with Crippen molar-refractivity contribution in [1.29, 1.82) is 0 Å². The van der Waals surface area contributed by atoms with E-state index in [-0.39, 0.29) is 0 Å². The Hall–Kier alpha value is -0.790. The van der Waals surface area contributed by atoms with Gasteiger partial charge in [0.05, 0.1) is 12.6 Å². The third-order valence-electron chi connectivity index (χ3n) is 5.94. The maximum atomic E-state index is 2.45. The Balaban J connectivity index is 1.93. The van der Waals surface area contributed by atoms with Gasteiger partial charge in [-0.25, -0.2) is 9.13 Å². The van der Waals surface area contributed by atoms with Crippen LogP contribution in [0.25, 0.3) is 0 Å². The van der Waals surface area contributed by atoms with Crippen LogP contribution < -0.4 is 4.57 Å². The molecule has 0 radical (unpaired) electrons. The van der Waals surface area contributed by atoms with Crippen LogP contribution >= 0.6 is 0 Å². The Bertz CT molecular complexity index is 447. The summed E-state index contributed by atoms with van der Waals surface area (Å²) < 4.78 is 4.87. The quantitative estimate of drug-likeness (QED) is 0.182. The Morgan fingerprint density at radius 2 is 1.15 bits per heavy atom. The van der Waals surface area contributed by atoms with Crippen LogP contribution in [-0.2, 0) is 13.0 Å². The topological polar surface area (TPSA) is 8.81 Å². The lowest BCUT2D eigenvalue weighted by Crippen LogP contribution is -2.36. The van der Waals surface area contributed by atoms with Gasteiger partial charge in [0.2, 0.25) is 0 Å². The molecule has 27 heavy (non-hydrogen) atoms. The first kappa shape index (κ1) is 24.2. The van der Waals surface area contributed by atoms with Gasteiger partial charge in [0, 0.05) is 6.42 Å². The van der Waals surface area contributed by atoms with Crippen molar-refractivity contribution in [2.45, 2.75) is 143 Å². The van der Waals surface area contributed by atoms with Gasteiger partial charge in [-0.05, 0) is 27.2 Å². The largest absolute Gasteiger partial charge is 0.256 e. The lowest BCUT2D eigenvalue weighted by molar-refractivity contribution is -0.700. The van der Waals surface area contributed by atoms with Crippen molar-refractivity contribution in [1.82, 2.24) is 4.57 Å². The van der Waals surface area contributed by atoms with Crippen molar-refractivity contribution in [2.75, 3.05) is 0 Å². The van der Waals surface area contributed by atoms with Crippen molar-refractivity contribution < 1.29 is 4.57 Å². The lowest BCUT2D eigenvalue weighted by atomic mass is 10.0. The number of unbranched alkanes of at least 4 members (excludes halogenated alkanes) is 14. The van der Waals surface area contributed by atoms with Gasteiger partial charge in [-0.2, -0.15) is 0 Å². The molecule has 0 saturated heterocycles. The summed E-state index contributed by atoms with van der Waals surface area (Å²) in [6, 6.07) is 0.573. The van der Waals surface area contributed by atoms with Crippen molar-refractivity contribution >= 4 is 0 Å². The average molecular weight is 378 g/mol. The molecule has 0 saturated carbocycles. The van der Waals surface area contributed by atoms with Crippen LogP contribution in [0, 0.1) is 0 Å². The van der Waals surface area contributed by atoms with E-state index in [1.54, 1.807) is 0 Å². The summed E-state index contributed by atoms with van der Waals surface area (Å²) in [6.07, 6.45) is 27.3. The van der Waals surface area contributed by atoms with Crippen molar-refractivity contribution in [3.05, 3.63) is 18.2 Å². The van der Waals surface area contributed by atoms with E-state index in [1.165, 1.54) is 109 Å². The molecule has 158 valence electrons. The molecule has 0 aliphatic heterocycles. The van der Waals surface area contributed by atoms with Gasteiger partial charge in [0.1, 0.15) is 12.4 Å². The van der Waals surface area contributed by atoms with E-state index >= 15 is 0 Å². The highest BCUT2D eigenvalue weighted by atomic mass is 15.2. The van der Waals surface area contributed by atoms with E-state index in [0.717, 1.165) is 6.54 Å². The maximum Gasteiger partial charge on any atom is 0.256 e. The molecule has 0 atom stereocenters. The second kappa shape index (κ2) is 16.2. The molecule has 0 fully saturated rings. The Kier molecular flexibility index (Phi) is 14.5. The molecule has 0 amide bonds. The number of rotatable bonds is 18. The summed E-state index contributed by atoms with van der Waals surface area (Å²) in [7, 11) is 0. The van der Waals surface area contributed by atoms with Gasteiger partial charge >= 0.3 is 0 Å². The SMILES string of the molecule is CCCCCCCCCCCCCCCCCc1n(C(C)C)cc[n+]1CC. The van der Waals surface area contributed by atoms with E-state index in [2.05, 4.69) is 49.2 Å². The van der Waals surface area contributed by atoms with Gasteiger partial charge in [0.15, 0.2) is 0 Å². The first-order chi connectivity index (χ1) is 13.2. The molecule has 1 heterocycles. The predicted molar refractivity (Wildman–Crippen MR) is 119 cm³/mol. The maximum absolute atomic E-state index is 2.45. The number of hydrogen-bond donors (Lipinski definition) is 0. The molecule has 1 rings (SSSR count). The molecule has 1 aromatic heterocycles. The molecule has 0 spiro atoms. The van der Waals surface area contributed by atoms with Crippen LogP contribution in [0.1, 0.15) is 136 Å². The van der Waals surface area contributed by atoms with Crippen LogP contribution in [0.5, 0.6) is 0 Å². The van der Waals surface area contributed by atoms with Crippen LogP contribution in [0.4, 0.5) is 0 Å². The second-order valence-corrected chi connectivity index (χ2v) is 8.70. The fourth-order valence-corrected chi connectivity index (χ4v) is 4.16. The number of aryl methyl sites for hydroxylation is 1. The number of imidazole rings is 1. The van der Waals surface area contributed by atoms with E-state index in [0.29, 0.717) is 6.04 Å². The minimum absolute atomic E-state index is 0.573. The molecule has 2 nitrogen and oxygen atoms in total. The van der Waals surface area contributed by atoms with Crippen LogP contribution in [-0.4, -0.2) is 4.57 Å². The van der Waals surface area contributed by atoms with E-state index in [9.17, 15) is 0 Å². The molecular weight excluding hydrogens is 328 g/mol. The highest BCUT2D eigenvalue weighted by Gasteiger charge is 2.17. The average Bonchev–Trinajstić information content (AvgIpc) is 3.08. The molecule has 0 N–H and O–H groups in total. The molecule has 2 heteroatoms. The van der Waals surface area contributed by atoms with Crippen molar-refractivity contribution in [3.63, 3.8) is 0 Å². The molecule has 0 bridgehead atoms. The smallest absolute Gasteiger partial charge is 0.235 e. The van der Waals surface area contributed by atoms with E-state index in [4.69, 9.17) is 0 Å². The third kappa shape index (κ3) is 11.0. The van der Waals surface area contributed by atoms with Gasteiger partial charge in [0.25, 0.3) is 5.82 Å². The summed E-state index contributed by atoms with van der Waals surface area (Å²) in [6.45, 7) is 10.2. The van der Waals surface area contributed by atoms with Gasteiger partial charge in [-0.3, -0.25) is 0 Å². The summed E-state index contributed by atoms with van der Waals surface area (Å²) in [4.78, 5) is 0. The Morgan fingerprint density at radius 3 is 1.56 bits per heavy atom. The fraction of sp³-hybridized carbons (Fsp3) is 0.880. The minimum Gasteiger partial charge on any atom is -0.235 e. The van der Waals surface area contributed by atoms with Crippen LogP contribution in [0.2, 0.25) is 0 Å². The second-order valence-electron chi connectivity index (χ2n) is 8.70. The first-order valence-electron chi connectivity index (χ1n) is 12.3. The lowest BCUT2D eigenvalue weighted by Gasteiger charge is -2.07. The monoisotopic (exact) mass is 377 g/mol. The number of aromatic nitrogens is 2.